The summed E-state index contributed by atoms with van der Waals surface area (Å²) in [6, 6.07) is 12.9. The first-order valence-electron chi connectivity index (χ1n) is 8.22. The summed E-state index contributed by atoms with van der Waals surface area (Å²) in [5, 5.41) is 10.3. The molecule has 1 aromatic carbocycles. The monoisotopic (exact) mass is 334 g/mol. The van der Waals surface area contributed by atoms with Crippen molar-refractivity contribution in [1.29, 1.82) is 0 Å². The number of carbonyl (C=O) groups is 1. The molecule has 2 aromatic heterocycles. The summed E-state index contributed by atoms with van der Waals surface area (Å²) < 4.78 is 5.27. The molecule has 0 spiro atoms. The minimum absolute atomic E-state index is 0.238. The quantitative estimate of drug-likeness (QED) is 0.747. The van der Waals surface area contributed by atoms with Gasteiger partial charge >= 0.3 is 0 Å². The molecule has 1 aliphatic carbocycles. The summed E-state index contributed by atoms with van der Waals surface area (Å²) in [5.74, 6) is 1.27. The molecule has 0 unspecified atom stereocenters. The number of methoxy groups -OCH3 is 1. The van der Waals surface area contributed by atoms with Gasteiger partial charge in [0.2, 0.25) is 0 Å². The van der Waals surface area contributed by atoms with Crippen LogP contribution < -0.4 is 10.1 Å². The average Bonchev–Trinajstić information content (AvgIpc) is 3.42. The lowest BCUT2D eigenvalue weighted by Gasteiger charge is -2.09. The van der Waals surface area contributed by atoms with Crippen molar-refractivity contribution in [3.8, 4) is 17.1 Å². The Morgan fingerprint density at radius 3 is 2.72 bits per heavy atom. The van der Waals surface area contributed by atoms with Crippen molar-refractivity contribution in [2.75, 3.05) is 12.4 Å². The number of aromatic amines is 1. The van der Waals surface area contributed by atoms with Crippen LogP contribution in [0.1, 0.15) is 34.7 Å². The van der Waals surface area contributed by atoms with Crippen molar-refractivity contribution in [3.63, 3.8) is 0 Å². The Bertz CT molecular complexity index is 901. The number of pyridine rings is 1. The molecule has 0 bridgehead atoms. The minimum Gasteiger partial charge on any atom is -0.496 e. The van der Waals surface area contributed by atoms with Gasteiger partial charge in [-0.1, -0.05) is 18.2 Å². The zero-order chi connectivity index (χ0) is 17.2. The topological polar surface area (TPSA) is 79.9 Å². The van der Waals surface area contributed by atoms with Gasteiger partial charge in [0.05, 0.1) is 24.1 Å². The number of nitrogens with zero attached hydrogens (tertiary/aromatic N) is 2. The number of amides is 1. The van der Waals surface area contributed by atoms with E-state index in [1.807, 2.05) is 30.3 Å². The Morgan fingerprint density at radius 1 is 1.20 bits per heavy atom. The molecule has 126 valence electrons. The van der Waals surface area contributed by atoms with Crippen LogP contribution in [0.15, 0.2) is 48.7 Å². The highest BCUT2D eigenvalue weighted by Crippen LogP contribution is 2.46. The summed E-state index contributed by atoms with van der Waals surface area (Å²) in [7, 11) is 1.55. The maximum atomic E-state index is 12.7. The summed E-state index contributed by atoms with van der Waals surface area (Å²) >= 11 is 0. The van der Waals surface area contributed by atoms with E-state index in [1.54, 1.807) is 25.4 Å². The molecular formula is C19H18N4O2. The lowest BCUT2D eigenvalue weighted by atomic mass is 10.1. The fraction of sp³-hybridized carbons (Fsp3) is 0.211. The SMILES string of the molecule is COc1ccccc1C(=O)Nc1n[nH]c(-c2ccccn2)c1C1CC1. The van der Waals surface area contributed by atoms with Gasteiger partial charge in [0.25, 0.3) is 5.91 Å². The summed E-state index contributed by atoms with van der Waals surface area (Å²) in [6.07, 6.45) is 3.94. The molecule has 6 nitrogen and oxygen atoms in total. The second kappa shape index (κ2) is 6.39. The van der Waals surface area contributed by atoms with E-state index in [4.69, 9.17) is 4.74 Å². The van der Waals surface area contributed by atoms with Crippen LogP contribution in [0.4, 0.5) is 5.82 Å². The van der Waals surface area contributed by atoms with E-state index in [-0.39, 0.29) is 5.91 Å². The second-order valence-electron chi connectivity index (χ2n) is 6.00. The first-order chi connectivity index (χ1) is 12.3. The Labute approximate surface area is 145 Å². The molecule has 0 atom stereocenters. The lowest BCUT2D eigenvalue weighted by Crippen LogP contribution is -2.14. The molecule has 0 radical (unpaired) electrons. The predicted octanol–water partition coefficient (Wildman–Crippen LogP) is 3.61. The van der Waals surface area contributed by atoms with Gasteiger partial charge in [-0.15, -0.1) is 0 Å². The number of para-hydroxylation sites is 1. The average molecular weight is 334 g/mol. The second-order valence-corrected chi connectivity index (χ2v) is 6.00. The van der Waals surface area contributed by atoms with Crippen LogP contribution in [-0.4, -0.2) is 28.2 Å². The number of carbonyl (C=O) groups excluding carboxylic acids is 1. The van der Waals surface area contributed by atoms with Crippen molar-refractivity contribution in [3.05, 3.63) is 59.8 Å². The molecule has 1 fully saturated rings. The van der Waals surface area contributed by atoms with Crippen molar-refractivity contribution in [1.82, 2.24) is 15.2 Å². The van der Waals surface area contributed by atoms with Gasteiger partial charge in [-0.25, -0.2) is 0 Å². The van der Waals surface area contributed by atoms with Gasteiger partial charge in [0.1, 0.15) is 5.75 Å². The van der Waals surface area contributed by atoms with E-state index in [0.29, 0.717) is 23.0 Å². The third-order valence-corrected chi connectivity index (χ3v) is 4.29. The molecule has 1 amide bonds. The number of hydrogen-bond acceptors (Lipinski definition) is 4. The summed E-state index contributed by atoms with van der Waals surface area (Å²) in [4.78, 5) is 17.1. The van der Waals surface area contributed by atoms with Crippen LogP contribution in [0.5, 0.6) is 5.75 Å². The number of rotatable bonds is 5. The number of aromatic nitrogens is 3. The fourth-order valence-electron chi connectivity index (χ4n) is 2.93. The number of nitrogens with one attached hydrogen (secondary N) is 2. The highest BCUT2D eigenvalue weighted by Gasteiger charge is 2.32. The van der Waals surface area contributed by atoms with Crippen molar-refractivity contribution in [2.24, 2.45) is 0 Å². The molecular weight excluding hydrogens is 316 g/mol. The molecule has 4 rings (SSSR count). The Kier molecular flexibility index (Phi) is 3.93. The van der Waals surface area contributed by atoms with E-state index in [2.05, 4.69) is 20.5 Å². The van der Waals surface area contributed by atoms with Gasteiger partial charge in [-0.3, -0.25) is 14.9 Å². The third-order valence-electron chi connectivity index (χ3n) is 4.29. The van der Waals surface area contributed by atoms with Crippen LogP contribution in [0.2, 0.25) is 0 Å². The standard InChI is InChI=1S/C19H18N4O2/c1-25-15-8-3-2-6-13(15)19(24)21-18-16(12-9-10-12)17(22-23-18)14-7-4-5-11-20-14/h2-8,11-12H,9-10H2,1H3,(H2,21,22,23,24). The van der Waals surface area contributed by atoms with E-state index in [9.17, 15) is 4.79 Å². The zero-order valence-electron chi connectivity index (χ0n) is 13.8. The van der Waals surface area contributed by atoms with E-state index in [1.165, 1.54) is 0 Å². The maximum Gasteiger partial charge on any atom is 0.260 e. The van der Waals surface area contributed by atoms with Crippen LogP contribution in [0.25, 0.3) is 11.4 Å². The maximum absolute atomic E-state index is 12.7. The van der Waals surface area contributed by atoms with E-state index < -0.39 is 0 Å². The van der Waals surface area contributed by atoms with Gasteiger partial charge in [0.15, 0.2) is 5.82 Å². The van der Waals surface area contributed by atoms with Crippen molar-refractivity contribution >= 4 is 11.7 Å². The minimum atomic E-state index is -0.238. The fourth-order valence-corrected chi connectivity index (χ4v) is 2.93. The highest BCUT2D eigenvalue weighted by molar-refractivity contribution is 6.06. The molecule has 1 aliphatic rings. The van der Waals surface area contributed by atoms with Gasteiger partial charge in [-0.05, 0) is 43.0 Å². The highest BCUT2D eigenvalue weighted by atomic mass is 16.5. The normalized spacial score (nSPS) is 13.5. The molecule has 2 heterocycles. The van der Waals surface area contributed by atoms with Crippen LogP contribution >= 0.6 is 0 Å². The van der Waals surface area contributed by atoms with Crippen LogP contribution in [-0.2, 0) is 0 Å². The first-order valence-corrected chi connectivity index (χ1v) is 8.22. The van der Waals surface area contributed by atoms with Crippen molar-refractivity contribution < 1.29 is 9.53 Å². The van der Waals surface area contributed by atoms with Crippen molar-refractivity contribution in [2.45, 2.75) is 18.8 Å². The van der Waals surface area contributed by atoms with E-state index >= 15 is 0 Å². The van der Waals surface area contributed by atoms with Gasteiger partial charge in [-0.2, -0.15) is 5.10 Å². The van der Waals surface area contributed by atoms with Gasteiger partial charge in [0, 0.05) is 11.8 Å². The smallest absolute Gasteiger partial charge is 0.260 e. The third kappa shape index (κ3) is 2.98. The number of ether oxygens (including phenoxy) is 1. The largest absolute Gasteiger partial charge is 0.496 e. The molecule has 3 aromatic rings. The molecule has 25 heavy (non-hydrogen) atoms. The van der Waals surface area contributed by atoms with E-state index in [0.717, 1.165) is 29.8 Å². The number of benzene rings is 1. The van der Waals surface area contributed by atoms with Crippen LogP contribution in [0.3, 0.4) is 0 Å². The van der Waals surface area contributed by atoms with Crippen LogP contribution in [0, 0.1) is 0 Å². The lowest BCUT2D eigenvalue weighted by molar-refractivity contribution is 0.102. The van der Waals surface area contributed by atoms with Gasteiger partial charge < -0.3 is 10.1 Å². The summed E-state index contributed by atoms with van der Waals surface area (Å²) in [6.45, 7) is 0. The molecule has 0 saturated heterocycles. The Morgan fingerprint density at radius 2 is 2.00 bits per heavy atom. The zero-order valence-corrected chi connectivity index (χ0v) is 13.8. The molecule has 0 aliphatic heterocycles. The molecule has 6 heteroatoms. The molecule has 1 saturated carbocycles. The number of H-pyrrole nitrogens is 1. The Hall–Kier alpha value is -3.15. The predicted molar refractivity (Wildman–Crippen MR) is 94.7 cm³/mol. The molecule has 2 N–H and O–H groups in total. The first kappa shape index (κ1) is 15.4. The number of anilines is 1. The Balaban J connectivity index is 1.67. The summed E-state index contributed by atoms with van der Waals surface area (Å²) in [5.41, 5.74) is 3.21. The number of hydrogen-bond donors (Lipinski definition) is 2.